The van der Waals surface area contributed by atoms with E-state index < -0.39 is 5.97 Å². The number of phenols is 1. The van der Waals surface area contributed by atoms with Crippen LogP contribution < -0.4 is 4.74 Å². The SMILES string of the molecule is COc1cc(C=CC(=O)O)ccc1O.O.O.[CaH2]. The molecule has 0 aliphatic carbocycles. The van der Waals surface area contributed by atoms with Crippen LogP contribution in [-0.4, -0.2) is 72.0 Å². The predicted molar refractivity (Wildman–Crippen MR) is 67.1 cm³/mol. The van der Waals surface area contributed by atoms with E-state index in [-0.39, 0.29) is 54.4 Å². The Morgan fingerprint density at radius 3 is 2.41 bits per heavy atom. The van der Waals surface area contributed by atoms with Crippen LogP contribution in [0.25, 0.3) is 6.08 Å². The van der Waals surface area contributed by atoms with Crippen molar-refractivity contribution in [1.82, 2.24) is 0 Å². The summed E-state index contributed by atoms with van der Waals surface area (Å²) >= 11 is 0. The molecule has 0 spiro atoms. The van der Waals surface area contributed by atoms with Crippen LogP contribution in [0.4, 0.5) is 0 Å². The average Bonchev–Trinajstić information content (AvgIpc) is 2.16. The topological polar surface area (TPSA) is 130 Å². The minimum absolute atomic E-state index is 0. The zero-order valence-corrected chi connectivity index (χ0v) is 8.60. The number of rotatable bonds is 3. The van der Waals surface area contributed by atoms with Crippen LogP contribution >= 0.6 is 0 Å². The van der Waals surface area contributed by atoms with Crippen LogP contribution in [-0.2, 0) is 4.79 Å². The molecule has 6 nitrogen and oxygen atoms in total. The van der Waals surface area contributed by atoms with Crippen molar-refractivity contribution in [1.29, 1.82) is 0 Å². The summed E-state index contributed by atoms with van der Waals surface area (Å²) in [6.07, 6.45) is 2.44. The number of methoxy groups -OCH3 is 1. The number of phenolic OH excluding ortho intramolecular Hbond substituents is 1. The maximum atomic E-state index is 10.2. The van der Waals surface area contributed by atoms with Crippen LogP contribution in [0.1, 0.15) is 5.56 Å². The summed E-state index contributed by atoms with van der Waals surface area (Å²) in [5.41, 5.74) is 0.655. The maximum absolute atomic E-state index is 10.2. The van der Waals surface area contributed by atoms with Gasteiger partial charge in [0.15, 0.2) is 11.5 Å². The molecule has 0 aliphatic heterocycles. The Kier molecular flexibility index (Phi) is 13.1. The monoisotopic (exact) mass is 272 g/mol. The molecule has 0 bridgehead atoms. The molecule has 0 fully saturated rings. The fourth-order valence-corrected chi connectivity index (χ4v) is 0.965. The van der Waals surface area contributed by atoms with Crippen molar-refractivity contribution in [2.75, 3.05) is 7.11 Å². The van der Waals surface area contributed by atoms with Gasteiger partial charge in [-0.1, -0.05) is 6.07 Å². The first kappa shape index (κ1) is 21.5. The Hall–Kier alpha value is -0.790. The number of aliphatic carboxylic acids is 1. The van der Waals surface area contributed by atoms with Gasteiger partial charge in [-0.05, 0) is 23.8 Å². The van der Waals surface area contributed by atoms with Crippen molar-refractivity contribution in [3.63, 3.8) is 0 Å². The number of carbonyl (C=O) groups is 1. The van der Waals surface area contributed by atoms with Gasteiger partial charge < -0.3 is 25.9 Å². The van der Waals surface area contributed by atoms with E-state index in [9.17, 15) is 9.90 Å². The van der Waals surface area contributed by atoms with E-state index in [2.05, 4.69) is 0 Å². The van der Waals surface area contributed by atoms with Gasteiger partial charge in [-0.25, -0.2) is 4.79 Å². The van der Waals surface area contributed by atoms with Gasteiger partial charge in [-0.15, -0.1) is 0 Å². The van der Waals surface area contributed by atoms with E-state index in [1.807, 2.05) is 0 Å². The van der Waals surface area contributed by atoms with Crippen LogP contribution in [0, 0.1) is 0 Å². The number of carboxylic acid groups (broad SMARTS) is 1. The Morgan fingerprint density at radius 1 is 1.35 bits per heavy atom. The summed E-state index contributed by atoms with van der Waals surface area (Å²) in [6, 6.07) is 4.59. The number of ether oxygens (including phenoxy) is 1. The van der Waals surface area contributed by atoms with E-state index >= 15 is 0 Å². The fraction of sp³-hybridized carbons (Fsp3) is 0.100. The Balaban J connectivity index is -0.000000653. The molecule has 0 radical (unpaired) electrons. The van der Waals surface area contributed by atoms with Crippen LogP contribution in [0.3, 0.4) is 0 Å². The molecule has 0 aromatic heterocycles. The normalized spacial score (nSPS) is 8.53. The third-order valence-electron chi connectivity index (χ3n) is 1.62. The van der Waals surface area contributed by atoms with Gasteiger partial charge in [0.1, 0.15) is 0 Å². The molecule has 0 heterocycles. The molecular weight excluding hydrogens is 256 g/mol. The third-order valence-corrected chi connectivity index (χ3v) is 1.62. The molecule has 0 atom stereocenters. The second-order valence-corrected chi connectivity index (χ2v) is 2.60. The van der Waals surface area contributed by atoms with Crippen molar-refractivity contribution < 1.29 is 30.7 Å². The standard InChI is InChI=1S/C10H10O4.Ca.2H2O.2H/c1-14-9-6-7(2-4-8(9)11)3-5-10(12)13;;;;;/h2-6,11H,1H3,(H,12,13);;2*1H2;;. The van der Waals surface area contributed by atoms with Crippen molar-refractivity contribution in [3.8, 4) is 11.5 Å². The number of benzene rings is 1. The van der Waals surface area contributed by atoms with Gasteiger partial charge >= 0.3 is 43.7 Å². The number of carboxylic acids is 1. The molecule has 1 aromatic rings. The van der Waals surface area contributed by atoms with E-state index in [0.29, 0.717) is 11.3 Å². The van der Waals surface area contributed by atoms with E-state index in [0.717, 1.165) is 6.08 Å². The van der Waals surface area contributed by atoms with E-state index in [1.165, 1.54) is 19.3 Å². The Labute approximate surface area is 128 Å². The van der Waals surface area contributed by atoms with Crippen molar-refractivity contribution in [3.05, 3.63) is 29.8 Å². The quantitative estimate of drug-likeness (QED) is 0.536. The fourth-order valence-electron chi connectivity index (χ4n) is 0.965. The summed E-state index contributed by atoms with van der Waals surface area (Å²) < 4.78 is 4.86. The molecule has 6 N–H and O–H groups in total. The minimum atomic E-state index is -1.02. The molecule has 94 valence electrons. The molecule has 0 saturated carbocycles. The average molecular weight is 272 g/mol. The first-order valence-corrected chi connectivity index (χ1v) is 3.91. The van der Waals surface area contributed by atoms with Crippen molar-refractivity contribution >= 4 is 49.8 Å². The van der Waals surface area contributed by atoms with Gasteiger partial charge in [0.25, 0.3) is 0 Å². The zero-order valence-electron chi connectivity index (χ0n) is 8.60. The molecule has 0 saturated heterocycles. The first-order chi connectivity index (χ1) is 6.63. The summed E-state index contributed by atoms with van der Waals surface area (Å²) in [7, 11) is 1.43. The summed E-state index contributed by atoms with van der Waals surface area (Å²) in [6.45, 7) is 0. The molecular formula is C10H16CaO6. The number of aromatic hydroxyl groups is 1. The van der Waals surface area contributed by atoms with Crippen LogP contribution in [0.15, 0.2) is 24.3 Å². The van der Waals surface area contributed by atoms with Gasteiger partial charge in [-0.3, -0.25) is 0 Å². The number of hydrogen-bond donors (Lipinski definition) is 2. The van der Waals surface area contributed by atoms with Crippen molar-refractivity contribution in [2.24, 2.45) is 0 Å². The molecule has 0 aliphatic rings. The molecule has 0 amide bonds. The molecule has 0 unspecified atom stereocenters. The second kappa shape index (κ2) is 10.4. The van der Waals surface area contributed by atoms with Crippen LogP contribution in [0.5, 0.6) is 11.5 Å². The molecule has 17 heavy (non-hydrogen) atoms. The van der Waals surface area contributed by atoms with Gasteiger partial charge in [-0.2, -0.15) is 0 Å². The zero-order chi connectivity index (χ0) is 10.6. The molecule has 7 heteroatoms. The predicted octanol–water partition coefficient (Wildman–Crippen LogP) is -1.07. The van der Waals surface area contributed by atoms with Crippen LogP contribution in [0.2, 0.25) is 0 Å². The molecule has 1 rings (SSSR count). The van der Waals surface area contributed by atoms with Crippen molar-refractivity contribution in [2.45, 2.75) is 0 Å². The van der Waals surface area contributed by atoms with E-state index in [1.54, 1.807) is 12.1 Å². The summed E-state index contributed by atoms with van der Waals surface area (Å²) in [4.78, 5) is 10.2. The second-order valence-electron chi connectivity index (χ2n) is 2.60. The first-order valence-electron chi connectivity index (χ1n) is 3.91. The molecule has 1 aromatic carbocycles. The number of hydrogen-bond acceptors (Lipinski definition) is 3. The Bertz CT molecular complexity index is 377. The summed E-state index contributed by atoms with van der Waals surface area (Å²) in [5, 5.41) is 17.6. The van der Waals surface area contributed by atoms with Gasteiger partial charge in [0.05, 0.1) is 7.11 Å². The summed E-state index contributed by atoms with van der Waals surface area (Å²) in [5.74, 6) is -0.672. The van der Waals surface area contributed by atoms with Gasteiger partial charge in [0.2, 0.25) is 0 Å². The Morgan fingerprint density at radius 2 is 1.94 bits per heavy atom. The van der Waals surface area contributed by atoms with Gasteiger partial charge in [0, 0.05) is 6.08 Å². The third kappa shape index (κ3) is 7.19. The van der Waals surface area contributed by atoms with E-state index in [4.69, 9.17) is 9.84 Å².